The number of hydrogen-bond acceptors (Lipinski definition) is 2. The Morgan fingerprint density at radius 1 is 1.40 bits per heavy atom. The van der Waals surface area contributed by atoms with Gasteiger partial charge >= 0.3 is 0 Å². The molecule has 1 aromatic carbocycles. The van der Waals surface area contributed by atoms with Crippen molar-refractivity contribution >= 4 is 0 Å². The summed E-state index contributed by atoms with van der Waals surface area (Å²) in [5.41, 5.74) is 0.569. The third-order valence-corrected chi connectivity index (χ3v) is 2.08. The molecule has 15 heavy (non-hydrogen) atoms. The smallest absolute Gasteiger partial charge is 0.134 e. The van der Waals surface area contributed by atoms with Crippen LogP contribution in [0.2, 0.25) is 0 Å². The largest absolute Gasteiger partial charge is 0.383 e. The standard InChI is InChI=1S/C11H14F2NO/c1-8(14-3-4-15-2)9-5-10(12)7-11(13)6-9/h5-6,8,14H,3-4H2,1-2H3/t8-/m1/s1. The van der Waals surface area contributed by atoms with E-state index < -0.39 is 11.6 Å². The molecule has 0 saturated heterocycles. The Morgan fingerprint density at radius 3 is 2.53 bits per heavy atom. The Balaban J connectivity index is 2.60. The predicted octanol–water partition coefficient (Wildman–Crippen LogP) is 2.06. The SMILES string of the molecule is COCCN[C@H](C)c1cc(F)[c]c(F)c1. The second-order valence-electron chi connectivity index (χ2n) is 3.28. The lowest BCUT2D eigenvalue weighted by molar-refractivity contribution is 0.196. The van der Waals surface area contributed by atoms with Gasteiger partial charge < -0.3 is 10.1 Å². The Hall–Kier alpha value is -1.00. The molecule has 0 saturated carbocycles. The van der Waals surface area contributed by atoms with Gasteiger partial charge in [-0.3, -0.25) is 0 Å². The van der Waals surface area contributed by atoms with Crippen LogP contribution in [-0.2, 0) is 4.74 Å². The number of hydrogen-bond donors (Lipinski definition) is 1. The zero-order valence-electron chi connectivity index (χ0n) is 8.81. The molecule has 83 valence electrons. The molecule has 1 radical (unpaired) electrons. The van der Waals surface area contributed by atoms with Crippen molar-refractivity contribution in [2.24, 2.45) is 0 Å². The van der Waals surface area contributed by atoms with Crippen LogP contribution in [0.1, 0.15) is 18.5 Å². The van der Waals surface area contributed by atoms with Crippen molar-refractivity contribution in [3.8, 4) is 0 Å². The van der Waals surface area contributed by atoms with Crippen molar-refractivity contribution in [1.29, 1.82) is 0 Å². The summed E-state index contributed by atoms with van der Waals surface area (Å²) in [4.78, 5) is 0. The minimum absolute atomic E-state index is 0.112. The highest BCUT2D eigenvalue weighted by atomic mass is 19.1. The number of ether oxygens (including phenoxy) is 1. The summed E-state index contributed by atoms with van der Waals surface area (Å²) in [5.74, 6) is -1.35. The normalized spacial score (nSPS) is 12.8. The number of halogens is 2. The van der Waals surface area contributed by atoms with Crippen LogP contribution in [0.25, 0.3) is 0 Å². The van der Waals surface area contributed by atoms with Crippen molar-refractivity contribution < 1.29 is 13.5 Å². The second kappa shape index (κ2) is 5.78. The van der Waals surface area contributed by atoms with Crippen LogP contribution < -0.4 is 5.32 Å². The van der Waals surface area contributed by atoms with E-state index >= 15 is 0 Å². The van der Waals surface area contributed by atoms with Crippen molar-refractivity contribution in [3.05, 3.63) is 35.4 Å². The van der Waals surface area contributed by atoms with E-state index in [9.17, 15) is 8.78 Å². The molecule has 0 heterocycles. The van der Waals surface area contributed by atoms with Crippen LogP contribution in [0.3, 0.4) is 0 Å². The molecule has 4 heteroatoms. The van der Waals surface area contributed by atoms with Crippen LogP contribution in [0.4, 0.5) is 8.78 Å². The summed E-state index contributed by atoms with van der Waals surface area (Å²) >= 11 is 0. The first-order chi connectivity index (χ1) is 7.13. The molecule has 2 nitrogen and oxygen atoms in total. The maximum atomic E-state index is 12.8. The first-order valence-corrected chi connectivity index (χ1v) is 4.74. The van der Waals surface area contributed by atoms with Gasteiger partial charge in [0.05, 0.1) is 12.7 Å². The van der Waals surface area contributed by atoms with Crippen molar-refractivity contribution in [3.63, 3.8) is 0 Å². The van der Waals surface area contributed by atoms with Gasteiger partial charge in [0.2, 0.25) is 0 Å². The number of benzene rings is 1. The molecule has 0 bridgehead atoms. The molecular weight excluding hydrogens is 200 g/mol. The van der Waals surface area contributed by atoms with Crippen LogP contribution in [0.5, 0.6) is 0 Å². The first kappa shape index (κ1) is 12.1. The van der Waals surface area contributed by atoms with Crippen molar-refractivity contribution in [2.45, 2.75) is 13.0 Å². The van der Waals surface area contributed by atoms with Gasteiger partial charge in [0.1, 0.15) is 11.6 Å². The summed E-state index contributed by atoms with van der Waals surface area (Å²) in [6, 6.07) is 4.38. The van der Waals surface area contributed by atoms with Gasteiger partial charge in [0.15, 0.2) is 0 Å². The summed E-state index contributed by atoms with van der Waals surface area (Å²) in [6.45, 7) is 3.04. The highest BCUT2D eigenvalue weighted by Gasteiger charge is 2.07. The summed E-state index contributed by atoms with van der Waals surface area (Å²) < 4.78 is 30.5. The maximum absolute atomic E-state index is 12.8. The number of rotatable bonds is 5. The van der Waals surface area contributed by atoms with Crippen molar-refractivity contribution in [2.75, 3.05) is 20.3 Å². The van der Waals surface area contributed by atoms with E-state index in [0.717, 1.165) is 0 Å². The van der Waals surface area contributed by atoms with Crippen LogP contribution in [0, 0.1) is 17.7 Å². The van der Waals surface area contributed by atoms with Gasteiger partial charge in [-0.15, -0.1) is 0 Å². The Morgan fingerprint density at radius 2 is 2.00 bits per heavy atom. The van der Waals surface area contributed by atoms with Gasteiger partial charge in [-0.2, -0.15) is 0 Å². The number of nitrogens with one attached hydrogen (secondary N) is 1. The average molecular weight is 214 g/mol. The molecular formula is C11H14F2NO. The molecule has 0 unspecified atom stereocenters. The third kappa shape index (κ3) is 3.93. The lowest BCUT2D eigenvalue weighted by Crippen LogP contribution is -2.23. The molecule has 0 spiro atoms. The fraction of sp³-hybridized carbons (Fsp3) is 0.455. The second-order valence-corrected chi connectivity index (χ2v) is 3.28. The monoisotopic (exact) mass is 214 g/mol. The molecule has 0 amide bonds. The molecule has 0 fully saturated rings. The predicted molar refractivity (Wildman–Crippen MR) is 53.5 cm³/mol. The zero-order chi connectivity index (χ0) is 11.3. The Kier molecular flexibility index (Phi) is 4.65. The van der Waals surface area contributed by atoms with Crippen molar-refractivity contribution in [1.82, 2.24) is 5.32 Å². The molecule has 1 aromatic rings. The fourth-order valence-electron chi connectivity index (χ4n) is 1.27. The van der Waals surface area contributed by atoms with E-state index in [1.54, 1.807) is 7.11 Å². The molecule has 0 aromatic heterocycles. The lowest BCUT2D eigenvalue weighted by atomic mass is 10.1. The van der Waals surface area contributed by atoms with Crippen LogP contribution in [-0.4, -0.2) is 20.3 Å². The lowest BCUT2D eigenvalue weighted by Gasteiger charge is -2.13. The summed E-state index contributed by atoms with van der Waals surface area (Å²) in [5, 5.41) is 3.08. The minimum atomic E-state index is -0.676. The van der Waals surface area contributed by atoms with Crippen LogP contribution in [0.15, 0.2) is 12.1 Å². The van der Waals surface area contributed by atoms with Gasteiger partial charge in [-0.1, -0.05) is 0 Å². The highest BCUT2D eigenvalue weighted by Crippen LogP contribution is 2.14. The van der Waals surface area contributed by atoms with E-state index in [4.69, 9.17) is 4.74 Å². The average Bonchev–Trinajstić information content (AvgIpc) is 2.16. The van der Waals surface area contributed by atoms with Gasteiger partial charge in [0, 0.05) is 19.7 Å². The van der Waals surface area contributed by atoms with Gasteiger partial charge in [-0.05, 0) is 24.6 Å². The maximum Gasteiger partial charge on any atom is 0.134 e. The van der Waals surface area contributed by atoms with Gasteiger partial charge in [-0.25, -0.2) is 8.78 Å². The Labute approximate surface area is 88.3 Å². The summed E-state index contributed by atoms with van der Waals surface area (Å²) in [6.07, 6.45) is 0. The molecule has 1 atom stereocenters. The molecule has 0 aliphatic heterocycles. The molecule has 0 aliphatic rings. The Bertz CT molecular complexity index is 297. The quantitative estimate of drug-likeness (QED) is 0.757. The topological polar surface area (TPSA) is 21.3 Å². The molecule has 1 rings (SSSR count). The third-order valence-electron chi connectivity index (χ3n) is 2.08. The molecule has 1 N–H and O–H groups in total. The van der Waals surface area contributed by atoms with E-state index in [0.29, 0.717) is 18.7 Å². The number of methoxy groups -OCH3 is 1. The zero-order valence-corrected chi connectivity index (χ0v) is 8.81. The first-order valence-electron chi connectivity index (χ1n) is 4.74. The minimum Gasteiger partial charge on any atom is -0.383 e. The van der Waals surface area contributed by atoms with E-state index in [1.807, 2.05) is 13.0 Å². The van der Waals surface area contributed by atoms with Gasteiger partial charge in [0.25, 0.3) is 0 Å². The molecule has 0 aliphatic carbocycles. The summed E-state index contributed by atoms with van der Waals surface area (Å²) in [7, 11) is 1.60. The van der Waals surface area contributed by atoms with E-state index in [-0.39, 0.29) is 6.04 Å². The van der Waals surface area contributed by atoms with Crippen LogP contribution >= 0.6 is 0 Å². The highest BCUT2D eigenvalue weighted by molar-refractivity contribution is 5.20. The van der Waals surface area contributed by atoms with E-state index in [1.165, 1.54) is 12.1 Å². The van der Waals surface area contributed by atoms with E-state index in [2.05, 4.69) is 5.32 Å². The fourth-order valence-corrected chi connectivity index (χ4v) is 1.27.